The molecular weight excluding hydrogens is 517 g/mol. The van der Waals surface area contributed by atoms with E-state index in [-0.39, 0.29) is 0 Å². The van der Waals surface area contributed by atoms with Crippen LogP contribution in [0.4, 0.5) is 0 Å². The Kier molecular flexibility index (Phi) is 32.0. The molecule has 242 valence electrons. The molecule has 0 saturated heterocycles. The normalized spacial score (nSPS) is 13.3. The minimum atomic E-state index is -3.89. The number of phosphoric acid groups is 1. The fourth-order valence-corrected chi connectivity index (χ4v) is 6.14. The van der Waals surface area contributed by atoms with Gasteiger partial charge in [-0.25, -0.2) is 4.57 Å². The highest BCUT2D eigenvalue weighted by atomic mass is 31.2. The van der Waals surface area contributed by atoms with Gasteiger partial charge in [-0.2, -0.15) is 0 Å². The van der Waals surface area contributed by atoms with Gasteiger partial charge in [0.05, 0.1) is 13.2 Å². The van der Waals surface area contributed by atoms with Crippen molar-refractivity contribution in [3.05, 3.63) is 0 Å². The van der Waals surface area contributed by atoms with Gasteiger partial charge in [0, 0.05) is 0 Å². The molecule has 1 atom stereocenters. The van der Waals surface area contributed by atoms with E-state index in [1.165, 1.54) is 154 Å². The maximum absolute atomic E-state index is 12.1. The molecule has 0 aliphatic rings. The summed E-state index contributed by atoms with van der Waals surface area (Å²) >= 11 is 0. The van der Waals surface area contributed by atoms with Gasteiger partial charge in [-0.05, 0) is 51.7 Å². The Morgan fingerprint density at radius 3 is 0.975 bits per heavy atom. The van der Waals surface area contributed by atoms with Crippen molar-refractivity contribution in [1.82, 2.24) is 4.90 Å². The van der Waals surface area contributed by atoms with Gasteiger partial charge in [0.2, 0.25) is 0 Å². The van der Waals surface area contributed by atoms with E-state index in [2.05, 4.69) is 25.7 Å². The molecule has 40 heavy (non-hydrogen) atoms. The lowest BCUT2D eigenvalue weighted by Crippen LogP contribution is -2.27. The molecule has 0 aromatic rings. The lowest BCUT2D eigenvalue weighted by atomic mass is 10.1. The third-order valence-electron chi connectivity index (χ3n) is 8.03. The Bertz CT molecular complexity index is 516. The summed E-state index contributed by atoms with van der Waals surface area (Å²) in [5.41, 5.74) is 0. The maximum Gasteiger partial charge on any atom is 0.472 e. The van der Waals surface area contributed by atoms with Gasteiger partial charge in [0.15, 0.2) is 0 Å². The highest BCUT2D eigenvalue weighted by Crippen LogP contribution is 2.43. The van der Waals surface area contributed by atoms with E-state index in [1.807, 2.05) is 0 Å². The molecular formula is C34H72NO4P. The number of rotatable bonds is 34. The molecule has 0 heterocycles. The minimum Gasteiger partial charge on any atom is -0.303 e. The first-order valence-corrected chi connectivity index (χ1v) is 19.4. The SMILES string of the molecule is CCCCCCCCCCOP(=O)(O)OCCCCCCN(CCCCCCCCC)CCCCCCCCC. The number of unbranched alkanes of at least 4 members (excludes halogenated alkanes) is 22. The van der Waals surface area contributed by atoms with Crippen LogP contribution in [0.25, 0.3) is 0 Å². The van der Waals surface area contributed by atoms with Crippen molar-refractivity contribution < 1.29 is 18.5 Å². The highest BCUT2D eigenvalue weighted by molar-refractivity contribution is 7.47. The van der Waals surface area contributed by atoms with Gasteiger partial charge in [-0.1, -0.05) is 156 Å². The van der Waals surface area contributed by atoms with Gasteiger partial charge in [-0.15, -0.1) is 0 Å². The van der Waals surface area contributed by atoms with Gasteiger partial charge in [-0.3, -0.25) is 9.05 Å². The molecule has 0 aromatic heterocycles. The number of hydrogen-bond donors (Lipinski definition) is 1. The summed E-state index contributed by atoms with van der Waals surface area (Å²) in [7, 11) is -3.89. The fourth-order valence-electron chi connectivity index (χ4n) is 5.34. The van der Waals surface area contributed by atoms with E-state index in [9.17, 15) is 9.46 Å². The van der Waals surface area contributed by atoms with Gasteiger partial charge >= 0.3 is 7.82 Å². The standard InChI is InChI=1S/C34H72NO4P/c1-4-7-10-13-16-19-23-28-33-38-40(36,37)39-34-29-24-22-27-32-35(30-25-20-17-14-11-8-5-2)31-26-21-18-15-12-9-6-3/h4-34H2,1-3H3,(H,36,37). The van der Waals surface area contributed by atoms with Crippen molar-refractivity contribution >= 4 is 7.82 Å². The van der Waals surface area contributed by atoms with Crippen LogP contribution in [-0.4, -0.2) is 42.6 Å². The fraction of sp³-hybridized carbons (Fsp3) is 1.00. The molecule has 0 aliphatic heterocycles. The Morgan fingerprint density at radius 1 is 0.425 bits per heavy atom. The third-order valence-corrected chi connectivity index (χ3v) is 9.05. The second kappa shape index (κ2) is 32.0. The average molecular weight is 590 g/mol. The van der Waals surface area contributed by atoms with Gasteiger partial charge < -0.3 is 9.79 Å². The number of phosphoric ester groups is 1. The van der Waals surface area contributed by atoms with Crippen molar-refractivity contribution in [2.75, 3.05) is 32.8 Å². The van der Waals surface area contributed by atoms with Crippen molar-refractivity contribution in [2.24, 2.45) is 0 Å². The molecule has 0 fully saturated rings. The Hall–Kier alpha value is 0.0700. The maximum atomic E-state index is 12.1. The largest absolute Gasteiger partial charge is 0.472 e. The summed E-state index contributed by atoms with van der Waals surface area (Å²) in [4.78, 5) is 12.6. The molecule has 0 bridgehead atoms. The number of hydrogen-bond acceptors (Lipinski definition) is 4. The van der Waals surface area contributed by atoms with Crippen molar-refractivity contribution in [1.29, 1.82) is 0 Å². The van der Waals surface area contributed by atoms with Crippen LogP contribution in [0, 0.1) is 0 Å². The Balaban J connectivity index is 3.92. The van der Waals surface area contributed by atoms with Crippen LogP contribution < -0.4 is 0 Å². The summed E-state index contributed by atoms with van der Waals surface area (Å²) in [6.07, 6.45) is 33.0. The minimum absolute atomic E-state index is 0.310. The van der Waals surface area contributed by atoms with Gasteiger partial charge in [0.1, 0.15) is 0 Å². The molecule has 0 spiro atoms. The van der Waals surface area contributed by atoms with Crippen molar-refractivity contribution in [3.8, 4) is 0 Å². The van der Waals surface area contributed by atoms with Gasteiger partial charge in [0.25, 0.3) is 0 Å². The van der Waals surface area contributed by atoms with Crippen molar-refractivity contribution in [3.63, 3.8) is 0 Å². The van der Waals surface area contributed by atoms with E-state index in [1.54, 1.807) is 0 Å². The number of nitrogens with zero attached hydrogens (tertiary/aromatic N) is 1. The van der Waals surface area contributed by atoms with E-state index in [0.29, 0.717) is 13.2 Å². The first-order valence-electron chi connectivity index (χ1n) is 17.9. The Labute approximate surface area is 251 Å². The first-order chi connectivity index (χ1) is 19.6. The smallest absolute Gasteiger partial charge is 0.303 e. The summed E-state index contributed by atoms with van der Waals surface area (Å²) in [6.45, 7) is 11.1. The molecule has 0 saturated carbocycles. The monoisotopic (exact) mass is 590 g/mol. The molecule has 1 N–H and O–H groups in total. The third kappa shape index (κ3) is 31.0. The topological polar surface area (TPSA) is 59.0 Å². The van der Waals surface area contributed by atoms with E-state index < -0.39 is 7.82 Å². The molecule has 0 aliphatic carbocycles. The van der Waals surface area contributed by atoms with Crippen LogP contribution in [0.15, 0.2) is 0 Å². The van der Waals surface area contributed by atoms with Crippen LogP contribution in [0.5, 0.6) is 0 Å². The van der Waals surface area contributed by atoms with E-state index in [4.69, 9.17) is 9.05 Å². The van der Waals surface area contributed by atoms with Crippen LogP contribution in [-0.2, 0) is 13.6 Å². The molecule has 0 radical (unpaired) electrons. The second-order valence-corrected chi connectivity index (χ2v) is 13.6. The zero-order chi connectivity index (χ0) is 29.4. The lowest BCUT2D eigenvalue weighted by molar-refractivity contribution is 0.145. The predicted octanol–water partition coefficient (Wildman–Crippen LogP) is 11.6. The molecule has 1 unspecified atom stereocenters. The Morgan fingerprint density at radius 2 is 0.675 bits per heavy atom. The van der Waals surface area contributed by atoms with Crippen LogP contribution in [0.3, 0.4) is 0 Å². The zero-order valence-corrected chi connectivity index (χ0v) is 28.4. The highest BCUT2D eigenvalue weighted by Gasteiger charge is 2.20. The molecule has 0 amide bonds. The zero-order valence-electron chi connectivity index (χ0n) is 27.5. The summed E-state index contributed by atoms with van der Waals surface area (Å²) in [6, 6.07) is 0. The predicted molar refractivity (Wildman–Crippen MR) is 175 cm³/mol. The first kappa shape index (κ1) is 40.1. The average Bonchev–Trinajstić information content (AvgIpc) is 2.94. The summed E-state index contributed by atoms with van der Waals surface area (Å²) < 4.78 is 22.5. The molecule has 0 rings (SSSR count). The molecule has 0 aromatic carbocycles. The molecule has 5 nitrogen and oxygen atoms in total. The van der Waals surface area contributed by atoms with Crippen molar-refractivity contribution in [2.45, 2.75) is 188 Å². The summed E-state index contributed by atoms with van der Waals surface area (Å²) in [5.74, 6) is 0. The molecule has 6 heteroatoms. The lowest BCUT2D eigenvalue weighted by Gasteiger charge is -2.22. The van der Waals surface area contributed by atoms with Crippen LogP contribution in [0.1, 0.15) is 188 Å². The van der Waals surface area contributed by atoms with Crippen LogP contribution in [0.2, 0.25) is 0 Å². The van der Waals surface area contributed by atoms with Crippen LogP contribution >= 0.6 is 7.82 Å². The van der Waals surface area contributed by atoms with E-state index >= 15 is 0 Å². The second-order valence-electron chi connectivity index (χ2n) is 12.1. The van der Waals surface area contributed by atoms with E-state index in [0.717, 1.165) is 32.1 Å². The summed E-state index contributed by atoms with van der Waals surface area (Å²) in [5, 5.41) is 0. The quantitative estimate of drug-likeness (QED) is 0.0597.